The van der Waals surface area contributed by atoms with Crippen molar-refractivity contribution in [1.82, 2.24) is 20.3 Å². The number of fused-ring (bicyclic) bond motifs is 1. The smallest absolute Gasteiger partial charge is 0.269 e. The molecule has 1 N–H and O–H groups in total. The number of aromatic nitrogens is 4. The molecule has 0 bridgehead atoms. The minimum absolute atomic E-state index is 0.00114. The molecular weight excluding hydrogens is 280 g/mol. The number of nitrogens with zero attached hydrogens (tertiary/aromatic N) is 5. The number of nitrogens with one attached hydrogen (secondary N) is 1. The molecule has 0 saturated carbocycles. The van der Waals surface area contributed by atoms with Crippen LogP contribution in [0.4, 0.5) is 11.5 Å². The van der Waals surface area contributed by atoms with E-state index in [4.69, 9.17) is 4.84 Å². The third kappa shape index (κ3) is 2.74. The number of nitro groups is 1. The molecule has 0 aliphatic rings. The summed E-state index contributed by atoms with van der Waals surface area (Å²) in [4.78, 5) is 23.2. The molecule has 0 atom stereocenters. The lowest BCUT2D eigenvalue weighted by Crippen LogP contribution is -2.04. The van der Waals surface area contributed by atoms with E-state index < -0.39 is 4.92 Å². The monoisotopic (exact) mass is 288 g/mol. The van der Waals surface area contributed by atoms with Crippen LogP contribution in [0.15, 0.2) is 35.2 Å². The van der Waals surface area contributed by atoms with E-state index in [1.165, 1.54) is 18.5 Å². The summed E-state index contributed by atoms with van der Waals surface area (Å²) in [6.45, 7) is 0.110. The molecule has 0 amide bonds. The molecule has 2 heterocycles. The largest absolute Gasteiger partial charge is 0.270 e. The van der Waals surface area contributed by atoms with Gasteiger partial charge in [-0.15, -0.1) is 0 Å². The van der Waals surface area contributed by atoms with Gasteiger partial charge in [-0.3, -0.25) is 15.0 Å². The molecule has 0 spiro atoms. The van der Waals surface area contributed by atoms with E-state index in [2.05, 4.69) is 30.4 Å². The predicted molar refractivity (Wildman–Crippen MR) is 68.9 cm³/mol. The Kier molecular flexibility index (Phi) is 3.35. The van der Waals surface area contributed by atoms with E-state index in [1.54, 1.807) is 12.1 Å². The average Bonchev–Trinajstić information content (AvgIpc) is 2.97. The molecule has 2 aromatic heterocycles. The van der Waals surface area contributed by atoms with Gasteiger partial charge < -0.3 is 0 Å². The molecule has 3 rings (SSSR count). The summed E-state index contributed by atoms with van der Waals surface area (Å²) < 4.78 is 4.54. The van der Waals surface area contributed by atoms with Gasteiger partial charge in [-0.25, -0.2) is 20.1 Å². The van der Waals surface area contributed by atoms with Crippen molar-refractivity contribution in [2.24, 2.45) is 0 Å². The number of non-ortho nitro benzene ring substituents is 1. The maximum atomic E-state index is 10.7. The Morgan fingerprint density at radius 2 is 2.24 bits per heavy atom. The Balaban J connectivity index is 1.67. The van der Waals surface area contributed by atoms with Gasteiger partial charge in [-0.1, -0.05) is 12.1 Å². The van der Waals surface area contributed by atoms with Crippen LogP contribution in [0, 0.1) is 10.1 Å². The van der Waals surface area contributed by atoms with Crippen LogP contribution in [0.25, 0.3) is 11.2 Å². The molecule has 0 saturated heterocycles. The maximum absolute atomic E-state index is 10.7. The summed E-state index contributed by atoms with van der Waals surface area (Å²) in [5.74, 6) is 0.298. The summed E-state index contributed by atoms with van der Waals surface area (Å²) in [6.07, 6.45) is 1.28. The van der Waals surface area contributed by atoms with Crippen LogP contribution >= 0.6 is 0 Å². The standard InChI is InChI=1S/C11H8N6O4/c18-17(19)8-3-1-2-7(4-8)5-20-15-10-9-11(13-6-12-10)16-21-14-9/h1-4,6H,5H2,(H,12,13,15,16). The highest BCUT2D eigenvalue weighted by Crippen LogP contribution is 2.16. The third-order valence-electron chi connectivity index (χ3n) is 2.59. The lowest BCUT2D eigenvalue weighted by Gasteiger charge is -2.05. The van der Waals surface area contributed by atoms with E-state index in [0.717, 1.165) is 0 Å². The third-order valence-corrected chi connectivity index (χ3v) is 2.59. The van der Waals surface area contributed by atoms with Crippen molar-refractivity contribution in [1.29, 1.82) is 0 Å². The van der Waals surface area contributed by atoms with Gasteiger partial charge in [-0.05, 0) is 15.9 Å². The Labute approximate surface area is 116 Å². The Hall–Kier alpha value is -3.14. The average molecular weight is 288 g/mol. The number of rotatable bonds is 5. The second-order valence-corrected chi connectivity index (χ2v) is 3.98. The SMILES string of the molecule is O=[N+]([O-])c1cccc(CONc2ncnc3nonc23)c1. The quantitative estimate of drug-likeness (QED) is 0.547. The number of hydrogen-bond donors (Lipinski definition) is 1. The van der Waals surface area contributed by atoms with Crippen molar-refractivity contribution < 1.29 is 14.4 Å². The van der Waals surface area contributed by atoms with Crippen molar-refractivity contribution in [3.8, 4) is 0 Å². The number of anilines is 1. The van der Waals surface area contributed by atoms with Gasteiger partial charge in [0.15, 0.2) is 11.3 Å². The number of nitro benzene ring substituents is 1. The zero-order chi connectivity index (χ0) is 14.7. The van der Waals surface area contributed by atoms with Crippen molar-refractivity contribution in [3.63, 3.8) is 0 Å². The van der Waals surface area contributed by atoms with Crippen LogP contribution in [-0.4, -0.2) is 25.2 Å². The lowest BCUT2D eigenvalue weighted by molar-refractivity contribution is -0.384. The summed E-state index contributed by atoms with van der Waals surface area (Å²) in [5, 5.41) is 17.9. The second kappa shape index (κ2) is 5.46. The van der Waals surface area contributed by atoms with Gasteiger partial charge >= 0.3 is 0 Å². The van der Waals surface area contributed by atoms with E-state index in [-0.39, 0.29) is 12.3 Å². The fourth-order valence-corrected chi connectivity index (χ4v) is 1.64. The van der Waals surface area contributed by atoms with Gasteiger partial charge in [0.05, 0.1) is 11.5 Å². The molecule has 0 aliphatic carbocycles. The molecule has 0 unspecified atom stereocenters. The maximum Gasteiger partial charge on any atom is 0.269 e. The zero-order valence-corrected chi connectivity index (χ0v) is 10.5. The minimum Gasteiger partial charge on any atom is -0.270 e. The first-order valence-electron chi connectivity index (χ1n) is 5.78. The van der Waals surface area contributed by atoms with Crippen LogP contribution < -0.4 is 5.48 Å². The molecule has 0 fully saturated rings. The Morgan fingerprint density at radius 1 is 1.33 bits per heavy atom. The fraction of sp³-hybridized carbons (Fsp3) is 0.0909. The van der Waals surface area contributed by atoms with Gasteiger partial charge in [0.25, 0.3) is 5.69 Å². The highest BCUT2D eigenvalue weighted by Gasteiger charge is 2.09. The van der Waals surface area contributed by atoms with Crippen LogP contribution in [0.1, 0.15) is 5.56 Å². The first kappa shape index (κ1) is 12.9. The molecule has 10 heteroatoms. The Morgan fingerprint density at radius 3 is 3.10 bits per heavy atom. The molecule has 1 aromatic carbocycles. The van der Waals surface area contributed by atoms with Crippen molar-refractivity contribution >= 4 is 22.7 Å². The van der Waals surface area contributed by atoms with Crippen molar-refractivity contribution in [2.75, 3.05) is 5.48 Å². The number of benzene rings is 1. The van der Waals surface area contributed by atoms with Gasteiger partial charge in [0.1, 0.15) is 6.33 Å². The van der Waals surface area contributed by atoms with E-state index in [0.29, 0.717) is 22.5 Å². The van der Waals surface area contributed by atoms with Crippen LogP contribution in [0.2, 0.25) is 0 Å². The van der Waals surface area contributed by atoms with E-state index in [9.17, 15) is 10.1 Å². The van der Waals surface area contributed by atoms with E-state index in [1.807, 2.05) is 0 Å². The Bertz CT molecular complexity index is 789. The minimum atomic E-state index is -0.466. The molecular formula is C11H8N6O4. The lowest BCUT2D eigenvalue weighted by atomic mass is 10.2. The molecule has 106 valence electrons. The summed E-state index contributed by atoms with van der Waals surface area (Å²) in [6, 6.07) is 6.13. The molecule has 21 heavy (non-hydrogen) atoms. The highest BCUT2D eigenvalue weighted by atomic mass is 16.6. The van der Waals surface area contributed by atoms with Gasteiger partial charge in [-0.2, -0.15) is 0 Å². The van der Waals surface area contributed by atoms with Crippen LogP contribution in [0.5, 0.6) is 0 Å². The zero-order valence-electron chi connectivity index (χ0n) is 10.5. The van der Waals surface area contributed by atoms with Crippen LogP contribution in [0.3, 0.4) is 0 Å². The van der Waals surface area contributed by atoms with Crippen molar-refractivity contribution in [2.45, 2.75) is 6.61 Å². The predicted octanol–water partition coefficient (Wildman–Crippen LogP) is 1.46. The first-order valence-corrected chi connectivity index (χ1v) is 5.78. The molecule has 3 aromatic rings. The van der Waals surface area contributed by atoms with Crippen molar-refractivity contribution in [3.05, 3.63) is 46.3 Å². The van der Waals surface area contributed by atoms with Gasteiger partial charge in [0.2, 0.25) is 5.65 Å². The number of hydrogen-bond acceptors (Lipinski definition) is 9. The second-order valence-electron chi connectivity index (χ2n) is 3.98. The molecule has 10 nitrogen and oxygen atoms in total. The van der Waals surface area contributed by atoms with Gasteiger partial charge in [0, 0.05) is 12.1 Å². The fourth-order valence-electron chi connectivity index (χ4n) is 1.64. The summed E-state index contributed by atoms with van der Waals surface area (Å²) in [7, 11) is 0. The van der Waals surface area contributed by atoms with Crippen LogP contribution in [-0.2, 0) is 11.4 Å². The molecule has 0 aliphatic heterocycles. The summed E-state index contributed by atoms with van der Waals surface area (Å²) in [5.41, 5.74) is 3.86. The molecule has 0 radical (unpaired) electrons. The summed E-state index contributed by atoms with van der Waals surface area (Å²) >= 11 is 0. The first-order chi connectivity index (χ1) is 10.2. The topological polar surface area (TPSA) is 129 Å². The highest BCUT2D eigenvalue weighted by molar-refractivity contribution is 5.80. The normalized spacial score (nSPS) is 10.7. The van der Waals surface area contributed by atoms with E-state index >= 15 is 0 Å².